The number of nitrogens with zero attached hydrogens (tertiary/aromatic N) is 9. The van der Waals surface area contributed by atoms with Crippen molar-refractivity contribution in [1.29, 1.82) is 0 Å². The number of halogens is 5. The number of benzene rings is 2. The highest BCUT2D eigenvalue weighted by molar-refractivity contribution is 9.08. The van der Waals surface area contributed by atoms with Crippen LogP contribution in [0.4, 0.5) is 0 Å². The molecule has 2 aromatic carbocycles. The standard InChI is InChI=1S/C20H17Cl2N7O4.C17H14BrCl2N5O4.C3H4N2/c1-10(2)12-7-16(25-26-18(12)30)33-17-13(21)5-11(6-14(17)22)29-20(32)24-19(31)15(27-29)8-28-4-3-23-9-28;1-7(2)9-5-13(22-23-15(9)26)29-14-10(19)3-8(4-11(14)20)25-17(28)21-16(27)12(6-18)24-25;1-2-5-3-4-1/h3-7,9-10H,8H2,1-2H3,(H,26,30)(H,24,31,32);3-5,7H,6H2,1-2H3,(H,23,26)(H,21,27,28);1-3H,(H,4,5). The summed E-state index contributed by atoms with van der Waals surface area (Å²) in [4.78, 5) is 86.8. The second kappa shape index (κ2) is 22.0. The molecule has 0 aliphatic heterocycles. The molecule has 6 heterocycles. The minimum atomic E-state index is -0.765. The van der Waals surface area contributed by atoms with Crippen LogP contribution in [0.25, 0.3) is 11.4 Å². The van der Waals surface area contributed by atoms with Gasteiger partial charge in [0.05, 0.1) is 56.0 Å². The molecule has 0 aliphatic rings. The Labute approximate surface area is 404 Å². The molecule has 6 aromatic heterocycles. The minimum Gasteiger partial charge on any atom is -0.434 e. The van der Waals surface area contributed by atoms with Gasteiger partial charge in [0.1, 0.15) is 11.4 Å². The van der Waals surface area contributed by atoms with Crippen LogP contribution in [0.5, 0.6) is 23.3 Å². The molecule has 0 unspecified atom stereocenters. The van der Waals surface area contributed by atoms with E-state index in [2.05, 4.69) is 71.4 Å². The Balaban J connectivity index is 0.000000201. The molecule has 67 heavy (non-hydrogen) atoms. The highest BCUT2D eigenvalue weighted by atomic mass is 79.9. The number of rotatable bonds is 11. The molecule has 0 fully saturated rings. The molecule has 0 aliphatic carbocycles. The topological polar surface area (TPSA) is 292 Å². The molecule has 8 rings (SSSR count). The lowest BCUT2D eigenvalue weighted by atomic mass is 10.1. The number of alkyl halides is 1. The molecule has 5 N–H and O–H groups in total. The maximum absolute atomic E-state index is 12.4. The monoisotopic (exact) mass is 1060 g/mol. The van der Waals surface area contributed by atoms with Crippen molar-refractivity contribution in [3.8, 4) is 34.6 Å². The fraction of sp³-hybridized carbons (Fsp3) is 0.200. The van der Waals surface area contributed by atoms with Crippen LogP contribution in [0.15, 0.2) is 103 Å². The fourth-order valence-electron chi connectivity index (χ4n) is 5.68. The maximum Gasteiger partial charge on any atom is 0.349 e. The van der Waals surface area contributed by atoms with Gasteiger partial charge in [0.2, 0.25) is 11.8 Å². The van der Waals surface area contributed by atoms with Crippen LogP contribution in [0, 0.1) is 0 Å². The molecule has 0 atom stereocenters. The molecule has 8 aromatic rings. The van der Waals surface area contributed by atoms with Gasteiger partial charge in [0.25, 0.3) is 22.2 Å². The molecule has 0 radical (unpaired) electrons. The predicted molar refractivity (Wildman–Crippen MR) is 252 cm³/mol. The van der Waals surface area contributed by atoms with Crippen molar-refractivity contribution in [2.45, 2.75) is 51.4 Å². The first-order valence-corrected chi connectivity index (χ1v) is 22.0. The van der Waals surface area contributed by atoms with Crippen LogP contribution in [-0.4, -0.2) is 69.4 Å². The van der Waals surface area contributed by atoms with Gasteiger partial charge >= 0.3 is 11.4 Å². The summed E-state index contributed by atoms with van der Waals surface area (Å²) >= 11 is 28.5. The maximum atomic E-state index is 12.4. The Morgan fingerprint density at radius 3 is 1.46 bits per heavy atom. The van der Waals surface area contributed by atoms with Crippen molar-refractivity contribution in [2.75, 3.05) is 0 Å². The molecular weight excluding hydrogens is 1030 g/mol. The van der Waals surface area contributed by atoms with Crippen molar-refractivity contribution >= 4 is 62.3 Å². The van der Waals surface area contributed by atoms with Gasteiger partial charge in [-0.15, -0.1) is 10.2 Å². The number of ether oxygens (including phenoxy) is 2. The lowest BCUT2D eigenvalue weighted by Gasteiger charge is -2.13. The first kappa shape index (κ1) is 49.5. The molecule has 0 saturated carbocycles. The summed E-state index contributed by atoms with van der Waals surface area (Å²) in [5.74, 6) is 0.265. The molecule has 0 amide bonds. The Hall–Kier alpha value is -6.92. The lowest BCUT2D eigenvalue weighted by Crippen LogP contribution is -2.34. The van der Waals surface area contributed by atoms with E-state index in [0.717, 1.165) is 9.36 Å². The van der Waals surface area contributed by atoms with Crippen LogP contribution in [0.3, 0.4) is 0 Å². The minimum absolute atomic E-state index is 0.0424. The zero-order valence-corrected chi connectivity index (χ0v) is 39.8. The smallest absolute Gasteiger partial charge is 0.349 e. The van der Waals surface area contributed by atoms with Crippen LogP contribution in [0.2, 0.25) is 20.1 Å². The largest absolute Gasteiger partial charge is 0.434 e. The number of aromatic nitrogens is 14. The Kier molecular flexibility index (Phi) is 16.3. The zero-order valence-electron chi connectivity index (χ0n) is 35.2. The second-order valence-electron chi connectivity index (χ2n) is 14.3. The SMILES string of the molecule is CC(C)c1cc(Oc2c(Cl)cc(-n3nc(CBr)c(=O)[nH]c3=O)cc2Cl)n[nH]c1=O.CC(C)c1cc(Oc2c(Cl)cc(-n3nc(Cn4ccnc4)c(=O)[nH]c3=O)cc2Cl)n[nH]c1=O.c1c[nH]cn1. The molecule has 27 heteroatoms. The summed E-state index contributed by atoms with van der Waals surface area (Å²) in [6.45, 7) is 7.55. The van der Waals surface area contributed by atoms with Crippen molar-refractivity contribution in [3.63, 3.8) is 0 Å². The highest BCUT2D eigenvalue weighted by Crippen LogP contribution is 2.39. The van der Waals surface area contributed by atoms with Gasteiger partial charge in [-0.05, 0) is 36.1 Å². The Morgan fingerprint density at radius 1 is 0.627 bits per heavy atom. The van der Waals surface area contributed by atoms with Gasteiger partial charge in [-0.1, -0.05) is 90.0 Å². The van der Waals surface area contributed by atoms with E-state index in [-0.39, 0.29) is 101 Å². The summed E-state index contributed by atoms with van der Waals surface area (Å²) in [5.41, 5.74) is -1.75. The molecule has 0 bridgehead atoms. The predicted octanol–water partition coefficient (Wildman–Crippen LogP) is 6.00. The van der Waals surface area contributed by atoms with E-state index in [4.69, 9.17) is 55.9 Å². The summed E-state index contributed by atoms with van der Waals surface area (Å²) in [6, 6.07) is 8.63. The third kappa shape index (κ3) is 12.3. The zero-order chi connectivity index (χ0) is 48.5. The lowest BCUT2D eigenvalue weighted by molar-refractivity contribution is 0.452. The van der Waals surface area contributed by atoms with Crippen LogP contribution in [-0.2, 0) is 11.9 Å². The van der Waals surface area contributed by atoms with Crippen molar-refractivity contribution in [3.05, 3.63) is 179 Å². The third-order valence-electron chi connectivity index (χ3n) is 8.95. The summed E-state index contributed by atoms with van der Waals surface area (Å²) < 4.78 is 14.9. The average molecular weight is 1060 g/mol. The van der Waals surface area contributed by atoms with Gasteiger partial charge in [0.15, 0.2) is 11.5 Å². The van der Waals surface area contributed by atoms with Crippen molar-refractivity contribution < 1.29 is 9.47 Å². The third-order valence-corrected chi connectivity index (χ3v) is 10.6. The number of hydrogen-bond donors (Lipinski definition) is 5. The van der Waals surface area contributed by atoms with Gasteiger partial charge in [-0.2, -0.15) is 19.6 Å². The highest BCUT2D eigenvalue weighted by Gasteiger charge is 2.19. The Morgan fingerprint density at radius 2 is 1.09 bits per heavy atom. The normalized spacial score (nSPS) is 10.9. The summed E-state index contributed by atoms with van der Waals surface area (Å²) in [5, 5.41) is 21.0. The number of hydrogen-bond acceptors (Lipinski definition) is 14. The van der Waals surface area contributed by atoms with Crippen molar-refractivity contribution in [1.82, 2.24) is 69.4 Å². The molecule has 22 nitrogen and oxygen atoms in total. The number of imidazole rings is 2. The first-order chi connectivity index (χ1) is 31.9. The van der Waals surface area contributed by atoms with Gasteiger partial charge in [0, 0.05) is 48.0 Å². The van der Waals surface area contributed by atoms with E-state index >= 15 is 0 Å². The number of H-pyrrole nitrogens is 5. The average Bonchev–Trinajstić information content (AvgIpc) is 4.04. The van der Waals surface area contributed by atoms with E-state index < -0.39 is 22.5 Å². The van der Waals surface area contributed by atoms with Crippen LogP contribution >= 0.6 is 62.3 Å². The second-order valence-corrected chi connectivity index (χ2v) is 16.5. The van der Waals surface area contributed by atoms with Gasteiger partial charge in [-0.25, -0.2) is 29.8 Å². The molecule has 0 saturated heterocycles. The number of nitrogens with one attached hydrogen (secondary N) is 5. The van der Waals surface area contributed by atoms with E-state index in [1.807, 2.05) is 27.7 Å². The quantitative estimate of drug-likeness (QED) is 0.0929. The summed E-state index contributed by atoms with van der Waals surface area (Å²) in [6.07, 6.45) is 9.82. The molecular formula is C40H35BrCl4N14O8. The van der Waals surface area contributed by atoms with E-state index in [1.165, 1.54) is 42.7 Å². The summed E-state index contributed by atoms with van der Waals surface area (Å²) in [7, 11) is 0. The van der Waals surface area contributed by atoms with E-state index in [0.29, 0.717) is 11.1 Å². The van der Waals surface area contributed by atoms with Gasteiger partial charge in [-0.3, -0.25) is 29.1 Å². The molecule has 0 spiro atoms. The first-order valence-electron chi connectivity index (χ1n) is 19.4. The van der Waals surface area contributed by atoms with Crippen LogP contribution in [0.1, 0.15) is 62.0 Å². The van der Waals surface area contributed by atoms with E-state index in [9.17, 15) is 28.8 Å². The van der Waals surface area contributed by atoms with Gasteiger partial charge < -0.3 is 19.0 Å². The molecule has 348 valence electrons. The Bertz CT molecular complexity index is 3320. The van der Waals surface area contributed by atoms with Crippen LogP contribution < -0.4 is 43.1 Å². The van der Waals surface area contributed by atoms with Crippen molar-refractivity contribution in [2.24, 2.45) is 0 Å². The number of aromatic amines is 5. The van der Waals surface area contributed by atoms with E-state index in [1.54, 1.807) is 35.7 Å². The fourth-order valence-corrected chi connectivity index (χ4v) is 7.16.